The van der Waals surface area contributed by atoms with E-state index in [0.29, 0.717) is 42.4 Å². The minimum Gasteiger partial charge on any atom is -0.493 e. The number of likely N-dealkylation sites (tertiary alicyclic amines) is 1. The van der Waals surface area contributed by atoms with Gasteiger partial charge >= 0.3 is 5.97 Å². The van der Waals surface area contributed by atoms with Crippen molar-refractivity contribution in [2.45, 2.75) is 24.3 Å². The summed E-state index contributed by atoms with van der Waals surface area (Å²) in [6.07, 6.45) is 1.43. The van der Waals surface area contributed by atoms with Crippen LogP contribution in [-0.4, -0.2) is 52.4 Å². The highest BCUT2D eigenvalue weighted by atomic mass is 32.2. The van der Waals surface area contributed by atoms with Gasteiger partial charge in [-0.15, -0.1) is 4.40 Å². The zero-order chi connectivity index (χ0) is 22.0. The van der Waals surface area contributed by atoms with Crippen LogP contribution in [-0.2, 0) is 26.2 Å². The quantitative estimate of drug-likeness (QED) is 0.654. The van der Waals surface area contributed by atoms with Gasteiger partial charge in [0.15, 0.2) is 17.3 Å². The fourth-order valence-electron chi connectivity index (χ4n) is 3.92. The lowest BCUT2D eigenvalue weighted by atomic mass is 9.97. The Kier molecular flexibility index (Phi) is 5.86. The molecular formula is C22H24N2O6S. The molecule has 2 aliphatic heterocycles. The van der Waals surface area contributed by atoms with Crippen LogP contribution in [0.25, 0.3) is 0 Å². The number of esters is 1. The van der Waals surface area contributed by atoms with Gasteiger partial charge in [0.25, 0.3) is 10.0 Å². The summed E-state index contributed by atoms with van der Waals surface area (Å²) in [6, 6.07) is 12.1. The predicted octanol–water partition coefficient (Wildman–Crippen LogP) is 2.61. The van der Waals surface area contributed by atoms with Crippen LogP contribution in [0.1, 0.15) is 24.0 Å². The zero-order valence-corrected chi connectivity index (χ0v) is 18.2. The summed E-state index contributed by atoms with van der Waals surface area (Å²) in [7, 11) is -0.582. The Balaban J connectivity index is 1.43. The molecule has 0 aromatic heterocycles. The number of benzene rings is 2. The van der Waals surface area contributed by atoms with Crippen LogP contribution in [0.3, 0.4) is 0 Å². The van der Waals surface area contributed by atoms with E-state index >= 15 is 0 Å². The summed E-state index contributed by atoms with van der Waals surface area (Å²) in [6.45, 7) is 1.13. The Labute approximate surface area is 181 Å². The lowest BCUT2D eigenvalue weighted by molar-refractivity contribution is -0.151. The lowest BCUT2D eigenvalue weighted by Crippen LogP contribution is -2.42. The van der Waals surface area contributed by atoms with Crippen LogP contribution in [0.15, 0.2) is 51.8 Å². The van der Waals surface area contributed by atoms with E-state index in [1.165, 1.54) is 0 Å². The number of carbonyl (C=O) groups is 1. The maximum Gasteiger partial charge on any atom is 0.311 e. The van der Waals surface area contributed by atoms with Gasteiger partial charge in [0.1, 0.15) is 11.5 Å². The van der Waals surface area contributed by atoms with Crippen LogP contribution in [0, 0.1) is 5.92 Å². The van der Waals surface area contributed by atoms with E-state index in [1.807, 2.05) is 11.0 Å². The molecule has 0 saturated carbocycles. The largest absolute Gasteiger partial charge is 0.493 e. The first-order valence-electron chi connectivity index (χ1n) is 10.00. The molecule has 2 aromatic carbocycles. The second-order valence-electron chi connectivity index (χ2n) is 7.47. The van der Waals surface area contributed by atoms with Crippen LogP contribution < -0.4 is 9.47 Å². The van der Waals surface area contributed by atoms with E-state index < -0.39 is 10.0 Å². The van der Waals surface area contributed by atoms with E-state index in [1.54, 1.807) is 50.6 Å². The third kappa shape index (κ3) is 4.23. The van der Waals surface area contributed by atoms with Gasteiger partial charge in [-0.1, -0.05) is 18.2 Å². The van der Waals surface area contributed by atoms with Crippen LogP contribution in [0.2, 0.25) is 0 Å². The molecule has 2 aliphatic rings. The molecule has 2 heterocycles. The Morgan fingerprint density at radius 2 is 1.90 bits per heavy atom. The van der Waals surface area contributed by atoms with Crippen molar-refractivity contribution in [1.82, 2.24) is 4.90 Å². The van der Waals surface area contributed by atoms with Crippen LogP contribution in [0.5, 0.6) is 11.5 Å². The molecule has 164 valence electrons. The minimum atomic E-state index is -3.69. The summed E-state index contributed by atoms with van der Waals surface area (Å²) < 4.78 is 44.7. The first-order valence-corrected chi connectivity index (χ1v) is 11.4. The van der Waals surface area contributed by atoms with E-state index in [2.05, 4.69) is 4.40 Å². The fourth-order valence-corrected chi connectivity index (χ4v) is 5.15. The van der Waals surface area contributed by atoms with Crippen LogP contribution in [0.4, 0.5) is 0 Å². The molecule has 8 nitrogen and oxygen atoms in total. The van der Waals surface area contributed by atoms with Gasteiger partial charge in [-0.05, 0) is 42.7 Å². The number of ether oxygens (including phenoxy) is 3. The number of fused-ring (bicyclic) bond motifs is 1. The molecule has 1 fully saturated rings. The number of piperidine rings is 1. The van der Waals surface area contributed by atoms with Gasteiger partial charge in [-0.3, -0.25) is 4.79 Å². The first-order chi connectivity index (χ1) is 14.9. The predicted molar refractivity (Wildman–Crippen MR) is 114 cm³/mol. The van der Waals surface area contributed by atoms with Gasteiger partial charge in [-0.25, -0.2) is 0 Å². The minimum absolute atomic E-state index is 0.119. The van der Waals surface area contributed by atoms with E-state index in [0.717, 1.165) is 12.0 Å². The van der Waals surface area contributed by atoms with E-state index in [4.69, 9.17) is 14.2 Å². The Hall–Kier alpha value is -3.07. The topological polar surface area (TPSA) is 94.5 Å². The Bertz CT molecular complexity index is 1130. The number of hydrogen-bond donors (Lipinski definition) is 0. The number of nitrogens with zero attached hydrogens (tertiary/aromatic N) is 2. The van der Waals surface area contributed by atoms with Gasteiger partial charge in [-0.2, -0.15) is 8.42 Å². The van der Waals surface area contributed by atoms with E-state index in [-0.39, 0.29) is 23.4 Å². The number of rotatable bonds is 5. The molecule has 0 unspecified atom stereocenters. The number of carbonyl (C=O) groups excluding carboxylic acids is 1. The normalized spacial score (nSPS) is 19.4. The molecule has 9 heteroatoms. The summed E-state index contributed by atoms with van der Waals surface area (Å²) >= 11 is 0. The molecule has 31 heavy (non-hydrogen) atoms. The van der Waals surface area contributed by atoms with Crippen molar-refractivity contribution >= 4 is 21.8 Å². The second kappa shape index (κ2) is 8.58. The van der Waals surface area contributed by atoms with E-state index in [9.17, 15) is 13.2 Å². The first kappa shape index (κ1) is 21.2. The van der Waals surface area contributed by atoms with Crippen molar-refractivity contribution in [1.29, 1.82) is 0 Å². The van der Waals surface area contributed by atoms with Gasteiger partial charge in [0.2, 0.25) is 0 Å². The summed E-state index contributed by atoms with van der Waals surface area (Å²) in [4.78, 5) is 14.8. The molecular weight excluding hydrogens is 420 g/mol. The molecule has 0 aliphatic carbocycles. The van der Waals surface area contributed by atoms with Crippen molar-refractivity contribution in [3.8, 4) is 11.5 Å². The number of methoxy groups -OCH3 is 2. The average molecular weight is 445 g/mol. The molecule has 0 N–H and O–H groups in total. The maximum atomic E-state index is 12.7. The molecule has 4 rings (SSSR count). The zero-order valence-electron chi connectivity index (χ0n) is 17.4. The standard InChI is InChI=1S/C22H24N2O6S/c1-28-18-10-9-15(12-19(18)29-2)14-30-22(25)16-6-5-11-24(13-16)21-17-7-3-4-8-20(17)31(26,27)23-21/h3-4,7-10,12,16H,5-6,11,13-14H2,1-2H3/t16-/m0/s1. The van der Waals surface area contributed by atoms with Crippen molar-refractivity contribution in [2.24, 2.45) is 10.3 Å². The van der Waals surface area contributed by atoms with Crippen molar-refractivity contribution in [2.75, 3.05) is 27.3 Å². The monoisotopic (exact) mass is 444 g/mol. The summed E-state index contributed by atoms with van der Waals surface area (Å²) in [5, 5.41) is 0. The third-order valence-corrected chi connectivity index (χ3v) is 6.82. The van der Waals surface area contributed by atoms with Gasteiger partial charge < -0.3 is 19.1 Å². The fraction of sp³-hybridized carbons (Fsp3) is 0.364. The Morgan fingerprint density at radius 1 is 1.13 bits per heavy atom. The number of sulfonamides is 1. The Morgan fingerprint density at radius 3 is 2.68 bits per heavy atom. The maximum absolute atomic E-state index is 12.7. The van der Waals surface area contributed by atoms with Gasteiger partial charge in [0.05, 0.1) is 20.1 Å². The molecule has 0 bridgehead atoms. The summed E-state index contributed by atoms with van der Waals surface area (Å²) in [5.74, 6) is 0.918. The summed E-state index contributed by atoms with van der Waals surface area (Å²) in [5.41, 5.74) is 1.38. The smallest absolute Gasteiger partial charge is 0.311 e. The third-order valence-electron chi connectivity index (χ3n) is 5.50. The van der Waals surface area contributed by atoms with Crippen molar-refractivity contribution in [3.63, 3.8) is 0 Å². The highest BCUT2D eigenvalue weighted by molar-refractivity contribution is 7.90. The van der Waals surface area contributed by atoms with Gasteiger partial charge in [0, 0.05) is 18.7 Å². The van der Waals surface area contributed by atoms with Crippen molar-refractivity contribution in [3.05, 3.63) is 53.6 Å². The highest BCUT2D eigenvalue weighted by Crippen LogP contribution is 2.31. The number of hydrogen-bond acceptors (Lipinski definition) is 7. The average Bonchev–Trinajstić information content (AvgIpc) is 3.08. The molecule has 0 spiro atoms. The highest BCUT2D eigenvalue weighted by Gasteiger charge is 2.35. The van der Waals surface area contributed by atoms with Crippen molar-refractivity contribution < 1.29 is 27.4 Å². The molecule has 1 atom stereocenters. The SMILES string of the molecule is COc1ccc(COC(=O)[C@H]2CCCN(C3=NS(=O)(=O)c4ccccc43)C2)cc1OC. The molecule has 0 radical (unpaired) electrons. The lowest BCUT2D eigenvalue weighted by Gasteiger charge is -2.32. The molecule has 0 amide bonds. The molecule has 2 aromatic rings. The molecule has 1 saturated heterocycles. The second-order valence-corrected chi connectivity index (χ2v) is 9.04. The number of amidine groups is 1. The van der Waals surface area contributed by atoms with Crippen LogP contribution >= 0.6 is 0 Å².